The van der Waals surface area contributed by atoms with E-state index in [1.165, 1.54) is 0 Å². The first-order chi connectivity index (χ1) is 10.8. The molecule has 0 saturated carbocycles. The minimum atomic E-state index is -3.02. The van der Waals surface area contributed by atoms with Gasteiger partial charge >= 0.3 is 0 Å². The number of nitrogens with zero attached hydrogens (tertiary/aromatic N) is 2. The summed E-state index contributed by atoms with van der Waals surface area (Å²) in [6, 6.07) is 7.00. The lowest BCUT2D eigenvalue weighted by atomic mass is 10.1. The summed E-state index contributed by atoms with van der Waals surface area (Å²) < 4.78 is 24.5. The number of rotatable bonds is 6. The number of amides is 1. The van der Waals surface area contributed by atoms with Crippen LogP contribution in [-0.2, 0) is 9.84 Å². The SMILES string of the molecule is CN(C)CCCN(C(=O)c1ccc(Br)cc1)C1CCS(=O)(=O)C1. The van der Waals surface area contributed by atoms with Crippen LogP contribution in [0.5, 0.6) is 0 Å². The monoisotopic (exact) mass is 402 g/mol. The van der Waals surface area contributed by atoms with Gasteiger partial charge in [0.05, 0.1) is 11.5 Å². The van der Waals surface area contributed by atoms with Gasteiger partial charge in [-0.3, -0.25) is 4.79 Å². The molecule has 1 aromatic carbocycles. The third-order valence-electron chi connectivity index (χ3n) is 4.01. The number of carbonyl (C=O) groups is 1. The van der Waals surface area contributed by atoms with Crippen LogP contribution in [0.3, 0.4) is 0 Å². The average molecular weight is 403 g/mol. The fourth-order valence-corrected chi connectivity index (χ4v) is 4.78. The molecule has 1 unspecified atom stereocenters. The quantitative estimate of drug-likeness (QED) is 0.730. The third kappa shape index (κ3) is 5.29. The van der Waals surface area contributed by atoms with E-state index in [0.717, 1.165) is 17.4 Å². The lowest BCUT2D eigenvalue weighted by molar-refractivity contribution is 0.0690. The zero-order valence-electron chi connectivity index (χ0n) is 13.5. The minimum Gasteiger partial charge on any atom is -0.335 e. The second kappa shape index (κ2) is 7.77. The first-order valence-electron chi connectivity index (χ1n) is 7.70. The van der Waals surface area contributed by atoms with Gasteiger partial charge in [-0.05, 0) is 57.7 Å². The van der Waals surface area contributed by atoms with Crippen LogP contribution in [0.4, 0.5) is 0 Å². The lowest BCUT2D eigenvalue weighted by Gasteiger charge is -2.29. The van der Waals surface area contributed by atoms with Crippen LogP contribution in [0, 0.1) is 0 Å². The highest BCUT2D eigenvalue weighted by Gasteiger charge is 2.34. The number of carbonyl (C=O) groups excluding carboxylic acids is 1. The van der Waals surface area contributed by atoms with Crippen molar-refractivity contribution in [3.63, 3.8) is 0 Å². The molecule has 5 nitrogen and oxygen atoms in total. The van der Waals surface area contributed by atoms with E-state index in [1.807, 2.05) is 26.2 Å². The van der Waals surface area contributed by atoms with Crippen molar-refractivity contribution in [1.29, 1.82) is 0 Å². The summed E-state index contributed by atoms with van der Waals surface area (Å²) in [5, 5.41) is 0. The molecule has 0 aromatic heterocycles. The van der Waals surface area contributed by atoms with E-state index in [0.29, 0.717) is 18.5 Å². The topological polar surface area (TPSA) is 57.7 Å². The second-order valence-electron chi connectivity index (χ2n) is 6.22. The van der Waals surface area contributed by atoms with E-state index in [-0.39, 0.29) is 23.5 Å². The van der Waals surface area contributed by atoms with E-state index < -0.39 is 9.84 Å². The molecule has 1 atom stereocenters. The Morgan fingerprint density at radius 1 is 1.22 bits per heavy atom. The van der Waals surface area contributed by atoms with Crippen LogP contribution < -0.4 is 0 Å². The summed E-state index contributed by atoms with van der Waals surface area (Å²) in [6.07, 6.45) is 1.36. The summed E-state index contributed by atoms with van der Waals surface area (Å²) >= 11 is 3.36. The number of halogens is 1. The van der Waals surface area contributed by atoms with Gasteiger partial charge in [-0.25, -0.2) is 8.42 Å². The summed E-state index contributed by atoms with van der Waals surface area (Å²) in [5.41, 5.74) is 0.599. The Balaban J connectivity index is 2.15. The molecule has 1 aromatic rings. The van der Waals surface area contributed by atoms with Gasteiger partial charge in [0.2, 0.25) is 0 Å². The molecule has 1 aliphatic heterocycles. The van der Waals surface area contributed by atoms with Gasteiger partial charge in [-0.15, -0.1) is 0 Å². The fraction of sp³-hybridized carbons (Fsp3) is 0.562. The van der Waals surface area contributed by atoms with Crippen LogP contribution >= 0.6 is 15.9 Å². The Morgan fingerprint density at radius 3 is 2.39 bits per heavy atom. The van der Waals surface area contributed by atoms with Crippen LogP contribution in [-0.4, -0.2) is 68.9 Å². The smallest absolute Gasteiger partial charge is 0.254 e. The van der Waals surface area contributed by atoms with E-state index in [1.54, 1.807) is 17.0 Å². The predicted octanol–water partition coefficient (Wildman–Crippen LogP) is 2.03. The van der Waals surface area contributed by atoms with Crippen LogP contribution in [0.15, 0.2) is 28.7 Å². The Hall–Kier alpha value is -0.920. The van der Waals surface area contributed by atoms with Gasteiger partial charge in [0.1, 0.15) is 0 Å². The van der Waals surface area contributed by atoms with Crippen molar-refractivity contribution in [2.45, 2.75) is 18.9 Å². The fourth-order valence-electron chi connectivity index (χ4n) is 2.79. The van der Waals surface area contributed by atoms with Gasteiger partial charge in [0, 0.05) is 22.6 Å². The molecule has 128 valence electrons. The largest absolute Gasteiger partial charge is 0.335 e. The highest BCUT2D eigenvalue weighted by molar-refractivity contribution is 9.10. The van der Waals surface area contributed by atoms with Gasteiger partial charge < -0.3 is 9.80 Å². The molecule has 1 fully saturated rings. The van der Waals surface area contributed by atoms with E-state index in [9.17, 15) is 13.2 Å². The number of hydrogen-bond acceptors (Lipinski definition) is 4. The molecule has 1 saturated heterocycles. The van der Waals surface area contributed by atoms with Crippen molar-refractivity contribution >= 4 is 31.7 Å². The van der Waals surface area contributed by atoms with Crippen molar-refractivity contribution < 1.29 is 13.2 Å². The van der Waals surface area contributed by atoms with Gasteiger partial charge in [-0.1, -0.05) is 15.9 Å². The molecule has 1 aliphatic rings. The Morgan fingerprint density at radius 2 is 1.87 bits per heavy atom. The zero-order valence-corrected chi connectivity index (χ0v) is 15.9. The molecule has 0 bridgehead atoms. The Labute approximate surface area is 146 Å². The maximum atomic E-state index is 12.8. The van der Waals surface area contributed by atoms with Gasteiger partial charge in [-0.2, -0.15) is 0 Å². The zero-order chi connectivity index (χ0) is 17.0. The first kappa shape index (κ1) is 18.4. The molecular weight excluding hydrogens is 380 g/mol. The molecule has 23 heavy (non-hydrogen) atoms. The lowest BCUT2D eigenvalue weighted by Crippen LogP contribution is -2.42. The molecule has 2 rings (SSSR count). The maximum absolute atomic E-state index is 12.8. The molecule has 0 aliphatic carbocycles. The van der Waals surface area contributed by atoms with E-state index in [4.69, 9.17) is 0 Å². The molecule has 0 spiro atoms. The Kier molecular flexibility index (Phi) is 6.22. The maximum Gasteiger partial charge on any atom is 0.254 e. The van der Waals surface area contributed by atoms with Crippen LogP contribution in [0.2, 0.25) is 0 Å². The highest BCUT2D eigenvalue weighted by Crippen LogP contribution is 2.21. The molecule has 0 radical (unpaired) electrons. The summed E-state index contributed by atoms with van der Waals surface area (Å²) in [7, 11) is 0.958. The predicted molar refractivity (Wildman–Crippen MR) is 95.4 cm³/mol. The molecule has 1 heterocycles. The third-order valence-corrected chi connectivity index (χ3v) is 6.28. The van der Waals surface area contributed by atoms with Crippen molar-refractivity contribution in [1.82, 2.24) is 9.80 Å². The van der Waals surface area contributed by atoms with Crippen molar-refractivity contribution in [3.8, 4) is 0 Å². The van der Waals surface area contributed by atoms with E-state index >= 15 is 0 Å². The highest BCUT2D eigenvalue weighted by atomic mass is 79.9. The summed E-state index contributed by atoms with van der Waals surface area (Å²) in [4.78, 5) is 16.6. The standard InChI is InChI=1S/C16H23BrN2O3S/c1-18(2)9-3-10-19(15-8-11-23(21,22)12-15)16(20)13-4-6-14(17)7-5-13/h4-7,15H,3,8-12H2,1-2H3. The normalized spacial score (nSPS) is 19.9. The molecule has 1 amide bonds. The van der Waals surface area contributed by atoms with Crippen LogP contribution in [0.1, 0.15) is 23.2 Å². The Bertz CT molecular complexity index is 644. The molecule has 0 N–H and O–H groups in total. The van der Waals surface area contributed by atoms with Gasteiger partial charge in [0.15, 0.2) is 9.84 Å². The average Bonchev–Trinajstić information content (AvgIpc) is 2.83. The van der Waals surface area contributed by atoms with Gasteiger partial charge in [0.25, 0.3) is 5.91 Å². The minimum absolute atomic E-state index is 0.0806. The molecular formula is C16H23BrN2O3S. The van der Waals surface area contributed by atoms with Crippen molar-refractivity contribution in [3.05, 3.63) is 34.3 Å². The number of hydrogen-bond donors (Lipinski definition) is 0. The van der Waals surface area contributed by atoms with Crippen molar-refractivity contribution in [2.24, 2.45) is 0 Å². The van der Waals surface area contributed by atoms with E-state index in [2.05, 4.69) is 20.8 Å². The summed E-state index contributed by atoms with van der Waals surface area (Å²) in [6.45, 7) is 1.44. The second-order valence-corrected chi connectivity index (χ2v) is 9.36. The summed E-state index contributed by atoms with van der Waals surface area (Å²) in [5.74, 6) is 0.172. The number of benzene rings is 1. The van der Waals surface area contributed by atoms with Crippen LogP contribution in [0.25, 0.3) is 0 Å². The first-order valence-corrected chi connectivity index (χ1v) is 10.3. The molecule has 7 heteroatoms. The van der Waals surface area contributed by atoms with Crippen molar-refractivity contribution in [2.75, 3.05) is 38.7 Å². The number of sulfone groups is 1.